The van der Waals surface area contributed by atoms with Gasteiger partial charge in [0.25, 0.3) is 0 Å². The zero-order chi connectivity index (χ0) is 43.8. The fourth-order valence-electron chi connectivity index (χ4n) is 9.77. The zero-order valence-electron chi connectivity index (χ0n) is 36.2. The van der Waals surface area contributed by atoms with Gasteiger partial charge in [0.15, 0.2) is 0 Å². The smallest absolute Gasteiger partial charge is 0.0940 e. The van der Waals surface area contributed by atoms with Gasteiger partial charge in [0.05, 0.1) is 28.1 Å². The monoisotopic (exact) mass is 841 g/mol. The van der Waals surface area contributed by atoms with Gasteiger partial charge in [-0.15, -0.1) is 0 Å². The summed E-state index contributed by atoms with van der Waals surface area (Å²) < 4.78 is 4.49. The van der Waals surface area contributed by atoms with Gasteiger partial charge in [-0.25, -0.2) is 4.68 Å². The van der Waals surface area contributed by atoms with Crippen LogP contribution in [0.25, 0.3) is 111 Å². The van der Waals surface area contributed by atoms with E-state index in [-0.39, 0.29) is 0 Å². The minimum atomic E-state index is 0.918. The van der Waals surface area contributed by atoms with E-state index in [9.17, 15) is 0 Å². The third-order valence-corrected chi connectivity index (χ3v) is 12.9. The van der Waals surface area contributed by atoms with E-state index < -0.39 is 0 Å². The van der Waals surface area contributed by atoms with Crippen molar-refractivity contribution in [3.05, 3.63) is 261 Å². The second-order valence-corrected chi connectivity index (χ2v) is 16.7. The number of hydrogen-bond donors (Lipinski definition) is 0. The van der Waals surface area contributed by atoms with Gasteiger partial charge < -0.3 is 4.57 Å². The maximum absolute atomic E-state index is 5.43. The number of para-hydroxylation sites is 2. The summed E-state index contributed by atoms with van der Waals surface area (Å²) in [7, 11) is 0. The third kappa shape index (κ3) is 6.91. The zero-order valence-corrected chi connectivity index (χ0v) is 36.2. The lowest BCUT2D eigenvalue weighted by Crippen LogP contribution is -2.00. The van der Waals surface area contributed by atoms with Crippen LogP contribution < -0.4 is 0 Å². The Morgan fingerprint density at radius 3 is 1.11 bits per heavy atom. The van der Waals surface area contributed by atoms with Gasteiger partial charge in [-0.2, -0.15) is 5.10 Å². The molecule has 3 heteroatoms. The van der Waals surface area contributed by atoms with Gasteiger partial charge in [0.2, 0.25) is 0 Å². The Bertz CT molecular complexity index is 3620. The average molecular weight is 842 g/mol. The summed E-state index contributed by atoms with van der Waals surface area (Å²) in [6.45, 7) is 0. The number of benzene rings is 10. The van der Waals surface area contributed by atoms with E-state index >= 15 is 0 Å². The SMILES string of the molecule is c1ccc(-c2ccccc2-c2cc(-c3ccccc3-c3ccccc3)n(-c3ccc(-c4ccccc4-c4ccccc4-c4ccc(-n5c6ccccc6c6ccccc65)cc4)cc3)n2)cc1. The number of fused-ring (bicyclic) bond motifs is 3. The Morgan fingerprint density at radius 1 is 0.258 bits per heavy atom. The summed E-state index contributed by atoms with van der Waals surface area (Å²) in [4.78, 5) is 0. The van der Waals surface area contributed by atoms with Crippen molar-refractivity contribution in [2.45, 2.75) is 0 Å². The van der Waals surface area contributed by atoms with Crippen LogP contribution in [0.2, 0.25) is 0 Å². The van der Waals surface area contributed by atoms with E-state index in [1.54, 1.807) is 0 Å². The first-order valence-electron chi connectivity index (χ1n) is 22.5. The van der Waals surface area contributed by atoms with Crippen molar-refractivity contribution in [2.24, 2.45) is 0 Å². The molecule has 0 N–H and O–H groups in total. The van der Waals surface area contributed by atoms with Crippen LogP contribution in [-0.2, 0) is 0 Å². The lowest BCUT2D eigenvalue weighted by Gasteiger charge is -2.16. The molecule has 0 unspecified atom stereocenters. The first-order chi connectivity index (χ1) is 32.8. The van der Waals surface area contributed by atoms with Crippen molar-refractivity contribution in [1.82, 2.24) is 14.3 Å². The summed E-state index contributed by atoms with van der Waals surface area (Å²) in [5, 5.41) is 7.96. The van der Waals surface area contributed by atoms with E-state index in [0.29, 0.717) is 0 Å². The number of nitrogens with zero attached hydrogens (tertiary/aromatic N) is 3. The van der Waals surface area contributed by atoms with Crippen LogP contribution in [0.1, 0.15) is 0 Å². The Kier molecular flexibility index (Phi) is 9.85. The van der Waals surface area contributed by atoms with Crippen molar-refractivity contribution >= 4 is 21.8 Å². The average Bonchev–Trinajstić information content (AvgIpc) is 4.00. The van der Waals surface area contributed by atoms with Gasteiger partial charge >= 0.3 is 0 Å². The second-order valence-electron chi connectivity index (χ2n) is 16.7. The van der Waals surface area contributed by atoms with Crippen molar-refractivity contribution in [3.63, 3.8) is 0 Å². The quantitative estimate of drug-likeness (QED) is 0.142. The van der Waals surface area contributed by atoms with Crippen LogP contribution in [0.4, 0.5) is 0 Å². The van der Waals surface area contributed by atoms with E-state index in [4.69, 9.17) is 5.10 Å². The Labute approximate surface area is 384 Å². The highest BCUT2D eigenvalue weighted by atomic mass is 15.3. The lowest BCUT2D eigenvalue weighted by molar-refractivity contribution is 0.892. The van der Waals surface area contributed by atoms with Crippen LogP contribution in [0.5, 0.6) is 0 Å². The summed E-state index contributed by atoms with van der Waals surface area (Å²) >= 11 is 0. The molecule has 66 heavy (non-hydrogen) atoms. The minimum absolute atomic E-state index is 0.918. The van der Waals surface area contributed by atoms with Crippen LogP contribution in [0, 0.1) is 0 Å². The third-order valence-electron chi connectivity index (χ3n) is 12.9. The highest BCUT2D eigenvalue weighted by molar-refractivity contribution is 6.09. The molecule has 0 spiro atoms. The maximum atomic E-state index is 5.43. The molecule has 12 rings (SSSR count). The predicted molar refractivity (Wildman–Crippen MR) is 276 cm³/mol. The topological polar surface area (TPSA) is 22.8 Å². The van der Waals surface area contributed by atoms with Gasteiger partial charge in [0, 0.05) is 27.6 Å². The second kappa shape index (κ2) is 16.7. The summed E-state index contributed by atoms with van der Waals surface area (Å²) in [5.41, 5.74) is 20.4. The van der Waals surface area contributed by atoms with Crippen LogP contribution in [0.15, 0.2) is 261 Å². The molecule has 3 nitrogen and oxygen atoms in total. The Hall–Kier alpha value is -8.79. The predicted octanol–water partition coefficient (Wildman–Crippen LogP) is 16.6. The minimum Gasteiger partial charge on any atom is -0.309 e. The number of hydrogen-bond acceptors (Lipinski definition) is 1. The van der Waals surface area contributed by atoms with E-state index in [1.165, 1.54) is 55.2 Å². The molecule has 0 fully saturated rings. The first kappa shape index (κ1) is 38.9. The van der Waals surface area contributed by atoms with E-state index in [0.717, 1.165) is 56.1 Å². The lowest BCUT2D eigenvalue weighted by atomic mass is 9.89. The standard InChI is InChI=1S/C63H43N3/c1-3-19-44(20-4-1)52-25-9-13-29-56(52)60-43-63(57-30-14-10-26-53(57)45-21-5-2-6-22-45)66(64-60)49-41-37-47(38-42-49)51-24-8-12-28-55(51)54-27-11-7-23-50(54)46-35-39-48(40-36-46)65-61-33-17-15-31-58(61)59-32-16-18-34-62(59)65/h1-43H. The molecular formula is C63H43N3. The van der Waals surface area contributed by atoms with E-state index in [1.807, 2.05) is 0 Å². The first-order valence-corrected chi connectivity index (χ1v) is 22.5. The van der Waals surface area contributed by atoms with Crippen LogP contribution in [0.3, 0.4) is 0 Å². The fraction of sp³-hybridized carbons (Fsp3) is 0. The van der Waals surface area contributed by atoms with Gasteiger partial charge in [-0.3, -0.25) is 0 Å². The molecule has 0 atom stereocenters. The molecule has 2 heterocycles. The Morgan fingerprint density at radius 2 is 0.606 bits per heavy atom. The van der Waals surface area contributed by atoms with E-state index in [2.05, 4.69) is 270 Å². The van der Waals surface area contributed by atoms with Gasteiger partial charge in [-0.1, -0.05) is 218 Å². The fourth-order valence-corrected chi connectivity index (χ4v) is 9.77. The molecule has 0 aliphatic rings. The number of aromatic nitrogens is 3. The molecule has 10 aromatic carbocycles. The summed E-state index contributed by atoms with van der Waals surface area (Å²) in [6.07, 6.45) is 0. The van der Waals surface area contributed by atoms with Gasteiger partial charge in [0.1, 0.15) is 0 Å². The van der Waals surface area contributed by atoms with Crippen molar-refractivity contribution in [2.75, 3.05) is 0 Å². The molecule has 310 valence electrons. The molecular weight excluding hydrogens is 799 g/mol. The Balaban J connectivity index is 0.933. The molecule has 2 aromatic heterocycles. The van der Waals surface area contributed by atoms with Crippen molar-refractivity contribution < 1.29 is 0 Å². The normalized spacial score (nSPS) is 11.3. The summed E-state index contributed by atoms with van der Waals surface area (Å²) in [5.74, 6) is 0. The van der Waals surface area contributed by atoms with Crippen LogP contribution in [-0.4, -0.2) is 14.3 Å². The molecule has 0 bridgehead atoms. The van der Waals surface area contributed by atoms with Crippen molar-refractivity contribution in [3.8, 4) is 89.5 Å². The van der Waals surface area contributed by atoms with Gasteiger partial charge in [-0.05, 0) is 98.1 Å². The molecule has 12 aromatic rings. The van der Waals surface area contributed by atoms with Crippen LogP contribution >= 0.6 is 0 Å². The molecule has 0 amide bonds. The molecule has 0 saturated heterocycles. The highest BCUT2D eigenvalue weighted by Crippen LogP contribution is 2.41. The number of rotatable bonds is 9. The molecule has 0 aliphatic carbocycles. The largest absolute Gasteiger partial charge is 0.309 e. The molecule has 0 radical (unpaired) electrons. The molecule has 0 aliphatic heterocycles. The van der Waals surface area contributed by atoms with Crippen molar-refractivity contribution in [1.29, 1.82) is 0 Å². The molecule has 0 saturated carbocycles. The maximum Gasteiger partial charge on any atom is 0.0940 e. The summed E-state index contributed by atoms with van der Waals surface area (Å²) in [6, 6.07) is 93.5. The highest BCUT2D eigenvalue weighted by Gasteiger charge is 2.20.